The van der Waals surface area contributed by atoms with Gasteiger partial charge >= 0.3 is 0 Å². The van der Waals surface area contributed by atoms with E-state index in [9.17, 15) is 8.42 Å². The quantitative estimate of drug-likeness (QED) is 0.847. The van der Waals surface area contributed by atoms with Crippen LogP contribution in [0.25, 0.3) is 0 Å². The summed E-state index contributed by atoms with van der Waals surface area (Å²) in [6.07, 6.45) is 2.89. The minimum absolute atomic E-state index is 0.00983. The van der Waals surface area contributed by atoms with Crippen LogP contribution in [-0.2, 0) is 23.6 Å². The van der Waals surface area contributed by atoms with Crippen molar-refractivity contribution >= 4 is 10.0 Å². The fourth-order valence-corrected chi connectivity index (χ4v) is 3.22. The van der Waals surface area contributed by atoms with Crippen LogP contribution in [0.3, 0.4) is 0 Å². The van der Waals surface area contributed by atoms with Crippen LogP contribution in [-0.4, -0.2) is 40.5 Å². The highest BCUT2D eigenvalue weighted by Crippen LogP contribution is 2.16. The van der Waals surface area contributed by atoms with E-state index in [0.717, 1.165) is 5.56 Å². The van der Waals surface area contributed by atoms with E-state index in [-0.39, 0.29) is 24.7 Å². The minimum Gasteiger partial charge on any atom is -0.395 e. The molecule has 6 nitrogen and oxygen atoms in total. The maximum atomic E-state index is 12.5. The predicted octanol–water partition coefficient (Wildman–Crippen LogP) is 0.603. The number of aliphatic hydroxyl groups excluding tert-OH is 1. The molecule has 0 radical (unpaired) electrons. The van der Waals surface area contributed by atoms with Crippen molar-refractivity contribution in [3.05, 3.63) is 48.4 Å². The summed E-state index contributed by atoms with van der Waals surface area (Å²) >= 11 is 0. The van der Waals surface area contributed by atoms with Crippen molar-refractivity contribution in [3.8, 4) is 0 Å². The zero-order valence-corrected chi connectivity index (χ0v) is 12.0. The molecule has 1 aromatic heterocycles. The molecule has 1 heterocycles. The number of sulfonamides is 1. The normalized spacial score (nSPS) is 11.9. The molecule has 7 heteroatoms. The molecule has 108 valence electrons. The number of benzene rings is 1. The number of aromatic nitrogens is 2. The zero-order valence-electron chi connectivity index (χ0n) is 11.2. The third kappa shape index (κ3) is 3.24. The zero-order chi connectivity index (χ0) is 14.6. The number of hydrogen-bond donors (Lipinski definition) is 1. The van der Waals surface area contributed by atoms with Crippen LogP contribution in [0.4, 0.5) is 0 Å². The van der Waals surface area contributed by atoms with E-state index in [4.69, 9.17) is 5.11 Å². The maximum absolute atomic E-state index is 12.5. The smallest absolute Gasteiger partial charge is 0.262 e. The highest BCUT2D eigenvalue weighted by atomic mass is 32.2. The second kappa shape index (κ2) is 6.17. The highest BCUT2D eigenvalue weighted by molar-refractivity contribution is 7.89. The molecule has 0 aliphatic carbocycles. The van der Waals surface area contributed by atoms with Gasteiger partial charge < -0.3 is 9.67 Å². The molecule has 0 saturated heterocycles. The largest absolute Gasteiger partial charge is 0.395 e. The second-order valence-corrected chi connectivity index (χ2v) is 6.31. The van der Waals surface area contributed by atoms with Crippen molar-refractivity contribution < 1.29 is 13.5 Å². The minimum atomic E-state index is -3.70. The lowest BCUT2D eigenvalue weighted by molar-refractivity contribution is 0.251. The predicted molar refractivity (Wildman–Crippen MR) is 74.3 cm³/mol. The molecule has 2 rings (SSSR count). The van der Waals surface area contributed by atoms with Gasteiger partial charge in [0.25, 0.3) is 10.0 Å². The summed E-state index contributed by atoms with van der Waals surface area (Å²) in [5.41, 5.74) is 0.862. The third-order valence-corrected chi connectivity index (χ3v) is 4.57. The topological polar surface area (TPSA) is 75.4 Å². The van der Waals surface area contributed by atoms with Crippen LogP contribution in [0, 0.1) is 0 Å². The first-order valence-corrected chi connectivity index (χ1v) is 7.61. The van der Waals surface area contributed by atoms with Crippen LogP contribution < -0.4 is 0 Å². The van der Waals surface area contributed by atoms with Crippen LogP contribution in [0.5, 0.6) is 0 Å². The van der Waals surface area contributed by atoms with E-state index in [1.165, 1.54) is 16.8 Å². The Morgan fingerprint density at radius 2 is 2.00 bits per heavy atom. The van der Waals surface area contributed by atoms with Crippen LogP contribution in [0.2, 0.25) is 0 Å². The number of aliphatic hydroxyl groups is 1. The van der Waals surface area contributed by atoms with Crippen molar-refractivity contribution in [2.45, 2.75) is 11.6 Å². The summed E-state index contributed by atoms with van der Waals surface area (Å²) in [5.74, 6) is 0. The van der Waals surface area contributed by atoms with Gasteiger partial charge in [-0.15, -0.1) is 0 Å². The molecule has 0 aliphatic rings. The van der Waals surface area contributed by atoms with Gasteiger partial charge in [-0.05, 0) is 5.56 Å². The van der Waals surface area contributed by atoms with Crippen molar-refractivity contribution in [3.63, 3.8) is 0 Å². The third-order valence-electron chi connectivity index (χ3n) is 2.84. The Morgan fingerprint density at radius 1 is 1.30 bits per heavy atom. The fraction of sp³-hybridized carbons (Fsp3) is 0.308. The Labute approximate surface area is 118 Å². The summed E-state index contributed by atoms with van der Waals surface area (Å²) in [4.78, 5) is 3.88. The SMILES string of the molecule is Cn1cnc(S(=O)(=O)N(CCO)Cc2ccccc2)c1. The molecule has 20 heavy (non-hydrogen) atoms. The van der Waals surface area contributed by atoms with E-state index >= 15 is 0 Å². The Kier molecular flexibility index (Phi) is 4.53. The monoisotopic (exact) mass is 295 g/mol. The number of aryl methyl sites for hydroxylation is 1. The first-order valence-electron chi connectivity index (χ1n) is 6.17. The van der Waals surface area contributed by atoms with Crippen LogP contribution in [0.1, 0.15) is 5.56 Å². The van der Waals surface area contributed by atoms with Gasteiger partial charge in [-0.1, -0.05) is 30.3 Å². The molecule has 1 aromatic carbocycles. The van der Waals surface area contributed by atoms with Crippen molar-refractivity contribution in [2.75, 3.05) is 13.2 Å². The molecule has 0 saturated carbocycles. The molecule has 0 fully saturated rings. The molecule has 0 amide bonds. The van der Waals surface area contributed by atoms with Gasteiger partial charge in [0.05, 0.1) is 12.9 Å². The van der Waals surface area contributed by atoms with E-state index in [1.54, 1.807) is 11.6 Å². The number of rotatable bonds is 6. The molecule has 0 spiro atoms. The molecule has 0 atom stereocenters. The first kappa shape index (κ1) is 14.7. The van der Waals surface area contributed by atoms with E-state index in [1.807, 2.05) is 30.3 Å². The first-order chi connectivity index (χ1) is 9.54. The van der Waals surface area contributed by atoms with Crippen LogP contribution in [0.15, 0.2) is 47.9 Å². The van der Waals surface area contributed by atoms with Crippen molar-refractivity contribution in [1.82, 2.24) is 13.9 Å². The molecule has 2 aromatic rings. The van der Waals surface area contributed by atoms with Gasteiger partial charge in [0, 0.05) is 26.3 Å². The number of imidazole rings is 1. The second-order valence-electron chi connectivity index (χ2n) is 4.43. The van der Waals surface area contributed by atoms with E-state index < -0.39 is 10.0 Å². The van der Waals surface area contributed by atoms with Gasteiger partial charge in [0.1, 0.15) is 0 Å². The summed E-state index contributed by atoms with van der Waals surface area (Å²) in [6.45, 7) is 0.00695. The van der Waals surface area contributed by atoms with Crippen LogP contribution >= 0.6 is 0 Å². The summed E-state index contributed by atoms with van der Waals surface area (Å²) in [6, 6.07) is 9.25. The Balaban J connectivity index is 2.28. The van der Waals surface area contributed by atoms with Gasteiger partial charge in [-0.2, -0.15) is 4.31 Å². The van der Waals surface area contributed by atoms with E-state index in [0.29, 0.717) is 0 Å². The van der Waals surface area contributed by atoms with Crippen molar-refractivity contribution in [1.29, 1.82) is 0 Å². The summed E-state index contributed by atoms with van der Waals surface area (Å²) in [7, 11) is -1.99. The van der Waals surface area contributed by atoms with Gasteiger partial charge in [0.15, 0.2) is 5.03 Å². The van der Waals surface area contributed by atoms with Gasteiger partial charge in [-0.3, -0.25) is 0 Å². The molecule has 0 aliphatic heterocycles. The highest BCUT2D eigenvalue weighted by Gasteiger charge is 2.26. The number of nitrogens with zero attached hydrogens (tertiary/aromatic N) is 3. The lowest BCUT2D eigenvalue weighted by Gasteiger charge is -2.20. The lowest BCUT2D eigenvalue weighted by Crippen LogP contribution is -2.33. The molecule has 0 unspecified atom stereocenters. The molecular weight excluding hydrogens is 278 g/mol. The maximum Gasteiger partial charge on any atom is 0.262 e. The van der Waals surface area contributed by atoms with E-state index in [2.05, 4.69) is 4.98 Å². The fourth-order valence-electron chi connectivity index (χ4n) is 1.84. The average molecular weight is 295 g/mol. The van der Waals surface area contributed by atoms with Crippen molar-refractivity contribution in [2.24, 2.45) is 7.05 Å². The standard InChI is InChI=1S/C13H17N3O3S/c1-15-10-13(14-11-15)20(18,19)16(7-8-17)9-12-5-3-2-4-6-12/h2-6,10-11,17H,7-9H2,1H3. The average Bonchev–Trinajstić information content (AvgIpc) is 2.87. The number of hydrogen-bond acceptors (Lipinski definition) is 4. The molecule has 1 N–H and O–H groups in total. The Morgan fingerprint density at radius 3 is 2.55 bits per heavy atom. The summed E-state index contributed by atoms with van der Waals surface area (Å²) < 4.78 is 27.8. The molecular formula is C13H17N3O3S. The summed E-state index contributed by atoms with van der Waals surface area (Å²) in [5, 5.41) is 9.09. The van der Waals surface area contributed by atoms with Gasteiger partial charge in [0.2, 0.25) is 0 Å². The Bertz CT molecular complexity index is 653. The molecule has 0 bridgehead atoms. The Hall–Kier alpha value is -1.70. The van der Waals surface area contributed by atoms with Gasteiger partial charge in [-0.25, -0.2) is 13.4 Å². The lowest BCUT2D eigenvalue weighted by atomic mass is 10.2.